The van der Waals surface area contributed by atoms with Crippen LogP contribution in [0.25, 0.3) is 0 Å². The van der Waals surface area contributed by atoms with Crippen molar-refractivity contribution in [3.63, 3.8) is 0 Å². The average Bonchev–Trinajstić information content (AvgIpc) is 2.45. The molecule has 0 amide bonds. The Kier molecular flexibility index (Phi) is 4.47. The van der Waals surface area contributed by atoms with E-state index in [4.69, 9.17) is 4.74 Å². The molecular formula is C15H18N2O3S. The highest BCUT2D eigenvalue weighted by atomic mass is 32.2. The minimum absolute atomic E-state index is 0.0705. The van der Waals surface area contributed by atoms with Gasteiger partial charge >= 0.3 is 0 Å². The number of nitrogens with one attached hydrogen (secondary N) is 1. The van der Waals surface area contributed by atoms with Crippen molar-refractivity contribution in [1.29, 1.82) is 0 Å². The second-order valence-corrected chi connectivity index (χ2v) is 6.79. The summed E-state index contributed by atoms with van der Waals surface area (Å²) in [5, 5.41) is 3.27. The molecule has 0 unspecified atom stereocenters. The zero-order chi connectivity index (χ0) is 15.5. The molecule has 0 aliphatic heterocycles. The first-order chi connectivity index (χ1) is 9.90. The van der Waals surface area contributed by atoms with E-state index in [0.29, 0.717) is 6.54 Å². The van der Waals surface area contributed by atoms with Crippen LogP contribution in [0.15, 0.2) is 41.6 Å². The van der Waals surface area contributed by atoms with Crippen LogP contribution in [0.2, 0.25) is 0 Å². The molecule has 0 aliphatic rings. The van der Waals surface area contributed by atoms with Crippen LogP contribution in [0.1, 0.15) is 11.1 Å². The lowest BCUT2D eigenvalue weighted by Gasteiger charge is -2.11. The lowest BCUT2D eigenvalue weighted by Crippen LogP contribution is -2.04. The molecule has 21 heavy (non-hydrogen) atoms. The van der Waals surface area contributed by atoms with Crippen LogP contribution in [0.3, 0.4) is 0 Å². The molecule has 1 N–H and O–H groups in total. The third-order valence-electron chi connectivity index (χ3n) is 3.04. The van der Waals surface area contributed by atoms with Gasteiger partial charge in [0.2, 0.25) is 0 Å². The molecule has 1 heterocycles. The number of hydrogen-bond donors (Lipinski definition) is 1. The monoisotopic (exact) mass is 306 g/mol. The quantitative estimate of drug-likeness (QED) is 0.918. The average molecular weight is 306 g/mol. The molecule has 0 saturated heterocycles. The Morgan fingerprint density at radius 3 is 2.57 bits per heavy atom. The van der Waals surface area contributed by atoms with E-state index in [1.807, 2.05) is 25.1 Å². The van der Waals surface area contributed by atoms with E-state index < -0.39 is 9.84 Å². The van der Waals surface area contributed by atoms with Crippen molar-refractivity contribution in [2.45, 2.75) is 18.5 Å². The van der Waals surface area contributed by atoms with E-state index >= 15 is 0 Å². The molecular weight excluding hydrogens is 288 g/mol. The number of anilines is 1. The molecule has 0 saturated carbocycles. The molecule has 1 aromatic heterocycles. The fourth-order valence-electron chi connectivity index (χ4n) is 1.95. The summed E-state index contributed by atoms with van der Waals surface area (Å²) in [6, 6.07) is 9.16. The Morgan fingerprint density at radius 1 is 1.24 bits per heavy atom. The minimum atomic E-state index is -3.26. The number of sulfone groups is 1. The van der Waals surface area contributed by atoms with Crippen LogP contribution in [-0.4, -0.2) is 26.8 Å². The van der Waals surface area contributed by atoms with Gasteiger partial charge in [-0.05, 0) is 25.1 Å². The highest BCUT2D eigenvalue weighted by Crippen LogP contribution is 2.21. The Hall–Kier alpha value is -2.08. The zero-order valence-corrected chi connectivity index (χ0v) is 13.1. The van der Waals surface area contributed by atoms with Crippen LogP contribution >= 0.6 is 0 Å². The van der Waals surface area contributed by atoms with Crippen molar-refractivity contribution in [3.8, 4) is 5.75 Å². The summed E-state index contributed by atoms with van der Waals surface area (Å²) >= 11 is 0. The van der Waals surface area contributed by atoms with Gasteiger partial charge in [-0.25, -0.2) is 13.4 Å². The number of nitrogens with zero attached hydrogens (tertiary/aromatic N) is 1. The number of hydrogen-bond acceptors (Lipinski definition) is 5. The first-order valence-corrected chi connectivity index (χ1v) is 8.33. The van der Waals surface area contributed by atoms with Crippen molar-refractivity contribution in [3.05, 3.63) is 47.7 Å². The molecule has 0 spiro atoms. The predicted molar refractivity (Wildman–Crippen MR) is 82.4 cm³/mol. The van der Waals surface area contributed by atoms with Crippen LogP contribution in [0.5, 0.6) is 5.75 Å². The summed E-state index contributed by atoms with van der Waals surface area (Å²) < 4.78 is 28.0. The summed E-state index contributed by atoms with van der Waals surface area (Å²) in [7, 11) is -1.63. The molecule has 0 bridgehead atoms. The van der Waals surface area contributed by atoms with E-state index in [1.165, 1.54) is 12.3 Å². The zero-order valence-electron chi connectivity index (χ0n) is 12.3. The van der Waals surface area contributed by atoms with E-state index in [-0.39, 0.29) is 5.03 Å². The Morgan fingerprint density at radius 2 is 2.00 bits per heavy atom. The summed E-state index contributed by atoms with van der Waals surface area (Å²) in [4.78, 5) is 3.94. The molecule has 112 valence electrons. The van der Waals surface area contributed by atoms with Crippen molar-refractivity contribution < 1.29 is 13.2 Å². The largest absolute Gasteiger partial charge is 0.496 e. The van der Waals surface area contributed by atoms with Crippen molar-refractivity contribution in [2.75, 3.05) is 18.7 Å². The molecule has 2 aromatic rings. The van der Waals surface area contributed by atoms with Gasteiger partial charge < -0.3 is 10.1 Å². The van der Waals surface area contributed by atoms with Crippen LogP contribution < -0.4 is 10.1 Å². The van der Waals surface area contributed by atoms with Crippen molar-refractivity contribution >= 4 is 15.5 Å². The normalized spacial score (nSPS) is 11.2. The number of aromatic nitrogens is 1. The minimum Gasteiger partial charge on any atom is -0.496 e. The predicted octanol–water partition coefficient (Wildman–Crippen LogP) is 2.41. The fourth-order valence-corrected chi connectivity index (χ4v) is 2.51. The molecule has 5 nitrogen and oxygen atoms in total. The maximum absolute atomic E-state index is 11.3. The molecule has 0 aliphatic carbocycles. The smallest absolute Gasteiger partial charge is 0.192 e. The third-order valence-corrected chi connectivity index (χ3v) is 4.04. The van der Waals surface area contributed by atoms with Gasteiger partial charge in [0.25, 0.3) is 0 Å². The number of aryl methyl sites for hydroxylation is 1. The number of pyridine rings is 1. The highest BCUT2D eigenvalue weighted by molar-refractivity contribution is 7.90. The van der Waals surface area contributed by atoms with Gasteiger partial charge in [0.1, 0.15) is 5.75 Å². The van der Waals surface area contributed by atoms with Crippen LogP contribution in [0.4, 0.5) is 5.69 Å². The van der Waals surface area contributed by atoms with E-state index in [2.05, 4.69) is 10.3 Å². The Balaban J connectivity index is 2.12. The summed E-state index contributed by atoms with van der Waals surface area (Å²) in [6.07, 6.45) is 2.65. The second kappa shape index (κ2) is 6.13. The van der Waals surface area contributed by atoms with Gasteiger partial charge in [0.15, 0.2) is 14.9 Å². The summed E-state index contributed by atoms with van der Waals surface area (Å²) in [5.41, 5.74) is 2.94. The number of ether oxygens (including phenoxy) is 1. The molecule has 1 aromatic carbocycles. The van der Waals surface area contributed by atoms with Gasteiger partial charge in [-0.15, -0.1) is 0 Å². The van der Waals surface area contributed by atoms with Crippen LogP contribution in [-0.2, 0) is 16.4 Å². The number of methoxy groups -OCH3 is 1. The van der Waals surface area contributed by atoms with Crippen LogP contribution in [0, 0.1) is 6.92 Å². The third kappa shape index (κ3) is 3.95. The Labute approximate surface area is 124 Å². The van der Waals surface area contributed by atoms with Gasteiger partial charge in [-0.3, -0.25) is 0 Å². The molecule has 0 fully saturated rings. The summed E-state index contributed by atoms with van der Waals surface area (Å²) in [5.74, 6) is 0.814. The van der Waals surface area contributed by atoms with E-state index in [0.717, 1.165) is 28.8 Å². The fraction of sp³-hybridized carbons (Fsp3) is 0.267. The van der Waals surface area contributed by atoms with Crippen molar-refractivity contribution in [1.82, 2.24) is 4.98 Å². The SMILES string of the molecule is COc1ccc(C)cc1CNc1ccc(S(C)(=O)=O)nc1. The van der Waals surface area contributed by atoms with Gasteiger partial charge in [-0.1, -0.05) is 17.7 Å². The van der Waals surface area contributed by atoms with Crippen molar-refractivity contribution in [2.24, 2.45) is 0 Å². The van der Waals surface area contributed by atoms with Gasteiger partial charge in [0, 0.05) is 18.4 Å². The van der Waals surface area contributed by atoms with Gasteiger partial charge in [-0.2, -0.15) is 0 Å². The lowest BCUT2D eigenvalue weighted by molar-refractivity contribution is 0.410. The standard InChI is InChI=1S/C15H18N2O3S/c1-11-4-6-14(20-2)12(8-11)9-16-13-5-7-15(17-10-13)21(3,18)19/h4-8,10,16H,9H2,1-3H3. The maximum Gasteiger partial charge on any atom is 0.192 e. The number of benzene rings is 1. The topological polar surface area (TPSA) is 68.3 Å². The maximum atomic E-state index is 11.3. The Bertz CT molecular complexity index is 725. The van der Waals surface area contributed by atoms with E-state index in [9.17, 15) is 8.42 Å². The first-order valence-electron chi connectivity index (χ1n) is 6.43. The van der Waals surface area contributed by atoms with E-state index in [1.54, 1.807) is 13.2 Å². The number of rotatable bonds is 5. The van der Waals surface area contributed by atoms with Gasteiger partial charge in [0.05, 0.1) is 19.0 Å². The second-order valence-electron chi connectivity index (χ2n) is 4.83. The molecule has 6 heteroatoms. The first kappa shape index (κ1) is 15.3. The molecule has 2 rings (SSSR count). The summed E-state index contributed by atoms with van der Waals surface area (Å²) in [6.45, 7) is 2.59. The lowest BCUT2D eigenvalue weighted by atomic mass is 10.1. The highest BCUT2D eigenvalue weighted by Gasteiger charge is 2.08. The molecule has 0 radical (unpaired) electrons. The molecule has 0 atom stereocenters.